The van der Waals surface area contributed by atoms with Crippen LogP contribution in [0.1, 0.15) is 36.8 Å². The predicted molar refractivity (Wildman–Crippen MR) is 82.3 cm³/mol. The molecule has 2 aliphatic rings. The number of esters is 1. The zero-order valence-electron chi connectivity index (χ0n) is 13.1. The zero-order valence-corrected chi connectivity index (χ0v) is 13.1. The molecule has 1 aromatic rings. The lowest BCUT2D eigenvalue weighted by Gasteiger charge is -2.36. The molecule has 1 aliphatic heterocycles. The minimum Gasteiger partial charge on any atom is -0.469 e. The first-order valence-electron chi connectivity index (χ1n) is 8.08. The molecular weight excluding hydrogens is 280 g/mol. The Labute approximate surface area is 131 Å². The molecule has 22 heavy (non-hydrogen) atoms. The van der Waals surface area contributed by atoms with Gasteiger partial charge in [0.05, 0.1) is 26.2 Å². The van der Waals surface area contributed by atoms with Crippen LogP contribution in [-0.4, -0.2) is 31.4 Å². The summed E-state index contributed by atoms with van der Waals surface area (Å²) in [6.45, 7) is 0.785. The van der Waals surface area contributed by atoms with Gasteiger partial charge in [0, 0.05) is 0 Å². The monoisotopic (exact) mass is 304 g/mol. The van der Waals surface area contributed by atoms with E-state index in [1.807, 2.05) is 12.1 Å². The fraction of sp³-hybridized carbons (Fsp3) is 0.611. The molecule has 1 saturated carbocycles. The van der Waals surface area contributed by atoms with E-state index in [0.717, 1.165) is 37.7 Å². The van der Waals surface area contributed by atoms with Gasteiger partial charge in [-0.1, -0.05) is 24.3 Å². The van der Waals surface area contributed by atoms with E-state index in [1.165, 1.54) is 12.7 Å². The Hall–Kier alpha value is -1.39. The van der Waals surface area contributed by atoms with Crippen molar-refractivity contribution in [3.05, 3.63) is 35.4 Å². The molecule has 4 nitrogen and oxygen atoms in total. The van der Waals surface area contributed by atoms with Crippen molar-refractivity contribution in [1.29, 1.82) is 0 Å². The molecule has 0 radical (unpaired) electrons. The van der Waals surface area contributed by atoms with Crippen molar-refractivity contribution in [2.45, 2.75) is 37.7 Å². The van der Waals surface area contributed by atoms with E-state index in [4.69, 9.17) is 9.47 Å². The minimum absolute atomic E-state index is 0.0567. The van der Waals surface area contributed by atoms with Crippen LogP contribution in [0.15, 0.2) is 24.3 Å². The summed E-state index contributed by atoms with van der Waals surface area (Å²) in [6.07, 6.45) is 5.08. The molecule has 1 saturated heterocycles. The molecular formula is C18H24O4. The zero-order chi connectivity index (χ0) is 15.6. The average molecular weight is 304 g/mol. The second-order valence-electron chi connectivity index (χ2n) is 6.67. The molecule has 3 rings (SSSR count). The van der Waals surface area contributed by atoms with Crippen LogP contribution >= 0.6 is 0 Å². The van der Waals surface area contributed by atoms with Crippen molar-refractivity contribution >= 4 is 5.97 Å². The second kappa shape index (κ2) is 6.39. The Balaban J connectivity index is 1.53. The van der Waals surface area contributed by atoms with Gasteiger partial charge >= 0.3 is 5.97 Å². The first-order valence-corrected chi connectivity index (χ1v) is 8.08. The molecule has 2 fully saturated rings. The summed E-state index contributed by atoms with van der Waals surface area (Å²) in [5.74, 6) is 0.678. The molecule has 0 unspecified atom stereocenters. The van der Waals surface area contributed by atoms with Crippen molar-refractivity contribution in [3.63, 3.8) is 0 Å². The van der Waals surface area contributed by atoms with E-state index in [0.29, 0.717) is 19.1 Å². The number of benzene rings is 1. The number of carbonyl (C=O) groups excluding carboxylic acids is 1. The normalized spacial score (nSPS) is 27.0. The number of hydrogen-bond donors (Lipinski definition) is 1. The summed E-state index contributed by atoms with van der Waals surface area (Å²) in [5, 5.41) is 10.2. The molecule has 120 valence electrons. The summed E-state index contributed by atoms with van der Waals surface area (Å²) < 4.78 is 9.93. The number of ether oxygens (including phenoxy) is 2. The molecule has 1 aliphatic carbocycles. The van der Waals surface area contributed by atoms with Gasteiger partial charge in [-0.3, -0.25) is 4.79 Å². The Kier molecular flexibility index (Phi) is 4.50. The van der Waals surface area contributed by atoms with Crippen LogP contribution in [-0.2, 0) is 26.3 Å². The maximum Gasteiger partial charge on any atom is 0.308 e. The number of aliphatic hydroxyl groups is 1. The van der Waals surface area contributed by atoms with Gasteiger partial charge in [0.25, 0.3) is 0 Å². The predicted octanol–water partition coefficient (Wildman–Crippen LogP) is 2.43. The summed E-state index contributed by atoms with van der Waals surface area (Å²) in [5.41, 5.74) is 1.46. The van der Waals surface area contributed by atoms with Gasteiger partial charge in [-0.2, -0.15) is 0 Å². The fourth-order valence-electron chi connectivity index (χ4n) is 3.52. The molecule has 0 bridgehead atoms. The van der Waals surface area contributed by atoms with Crippen LogP contribution in [0.25, 0.3) is 0 Å². The van der Waals surface area contributed by atoms with Crippen LogP contribution in [0.3, 0.4) is 0 Å². The van der Waals surface area contributed by atoms with Gasteiger partial charge in [0.1, 0.15) is 5.60 Å². The third-order valence-corrected chi connectivity index (χ3v) is 5.08. The molecule has 0 aromatic heterocycles. The lowest BCUT2D eigenvalue weighted by Crippen LogP contribution is -2.46. The Morgan fingerprint density at radius 1 is 1.23 bits per heavy atom. The summed E-state index contributed by atoms with van der Waals surface area (Å²) >= 11 is 0. The van der Waals surface area contributed by atoms with Crippen LogP contribution in [0.2, 0.25) is 0 Å². The van der Waals surface area contributed by atoms with E-state index < -0.39 is 5.60 Å². The maximum absolute atomic E-state index is 11.5. The summed E-state index contributed by atoms with van der Waals surface area (Å²) in [4.78, 5) is 11.5. The van der Waals surface area contributed by atoms with Gasteiger partial charge < -0.3 is 14.6 Å². The van der Waals surface area contributed by atoms with Crippen molar-refractivity contribution < 1.29 is 19.4 Å². The molecule has 4 heteroatoms. The SMILES string of the molecule is COC(=O)[C@H]1CC[C@H](Cc2ccc(C3(O)COC3)cc2)CC1. The number of methoxy groups -OCH3 is 1. The van der Waals surface area contributed by atoms with Gasteiger partial charge in [0.15, 0.2) is 0 Å². The maximum atomic E-state index is 11.5. The highest BCUT2D eigenvalue weighted by Gasteiger charge is 2.37. The summed E-state index contributed by atoms with van der Waals surface area (Å²) in [6, 6.07) is 8.24. The Bertz CT molecular complexity index is 510. The average Bonchev–Trinajstić information content (AvgIpc) is 2.53. The lowest BCUT2D eigenvalue weighted by molar-refractivity contribution is -0.184. The Morgan fingerprint density at radius 3 is 2.36 bits per heavy atom. The Morgan fingerprint density at radius 2 is 1.86 bits per heavy atom. The van der Waals surface area contributed by atoms with Crippen LogP contribution in [0, 0.1) is 11.8 Å². The van der Waals surface area contributed by atoms with E-state index in [1.54, 1.807) is 0 Å². The van der Waals surface area contributed by atoms with Crippen molar-refractivity contribution in [2.24, 2.45) is 11.8 Å². The standard InChI is InChI=1S/C18H24O4/c1-21-17(19)15-6-2-13(3-7-15)10-14-4-8-16(9-5-14)18(20)11-22-12-18/h4-5,8-9,13,15,20H,2-3,6-7,10-12H2,1H3/t13-,15-. The minimum atomic E-state index is -0.781. The van der Waals surface area contributed by atoms with E-state index in [2.05, 4.69) is 12.1 Å². The van der Waals surface area contributed by atoms with Gasteiger partial charge in [0.2, 0.25) is 0 Å². The van der Waals surface area contributed by atoms with Crippen LogP contribution in [0.4, 0.5) is 0 Å². The molecule has 1 heterocycles. The van der Waals surface area contributed by atoms with Gasteiger partial charge in [-0.25, -0.2) is 0 Å². The number of carbonyl (C=O) groups is 1. The quantitative estimate of drug-likeness (QED) is 0.868. The summed E-state index contributed by atoms with van der Waals surface area (Å²) in [7, 11) is 1.47. The fourth-order valence-corrected chi connectivity index (χ4v) is 3.52. The van der Waals surface area contributed by atoms with Gasteiger partial charge in [-0.05, 0) is 49.1 Å². The number of hydrogen-bond acceptors (Lipinski definition) is 4. The van der Waals surface area contributed by atoms with E-state index in [-0.39, 0.29) is 11.9 Å². The highest BCUT2D eigenvalue weighted by Crippen LogP contribution is 2.33. The lowest BCUT2D eigenvalue weighted by atomic mass is 9.79. The molecule has 0 spiro atoms. The molecule has 1 aromatic carbocycles. The molecule has 0 amide bonds. The van der Waals surface area contributed by atoms with Crippen LogP contribution in [0.5, 0.6) is 0 Å². The van der Waals surface area contributed by atoms with E-state index in [9.17, 15) is 9.90 Å². The third-order valence-electron chi connectivity index (χ3n) is 5.08. The molecule has 1 N–H and O–H groups in total. The molecule has 0 atom stereocenters. The first-order chi connectivity index (χ1) is 10.6. The third kappa shape index (κ3) is 3.18. The van der Waals surface area contributed by atoms with Crippen LogP contribution < -0.4 is 0 Å². The highest BCUT2D eigenvalue weighted by atomic mass is 16.5. The second-order valence-corrected chi connectivity index (χ2v) is 6.67. The highest BCUT2D eigenvalue weighted by molar-refractivity contribution is 5.72. The largest absolute Gasteiger partial charge is 0.469 e. The smallest absolute Gasteiger partial charge is 0.308 e. The number of rotatable bonds is 4. The van der Waals surface area contributed by atoms with Crippen molar-refractivity contribution in [3.8, 4) is 0 Å². The first kappa shape index (κ1) is 15.5. The van der Waals surface area contributed by atoms with Crippen molar-refractivity contribution in [2.75, 3.05) is 20.3 Å². The van der Waals surface area contributed by atoms with E-state index >= 15 is 0 Å². The van der Waals surface area contributed by atoms with Crippen molar-refractivity contribution in [1.82, 2.24) is 0 Å². The van der Waals surface area contributed by atoms with Gasteiger partial charge in [-0.15, -0.1) is 0 Å². The topological polar surface area (TPSA) is 55.8 Å².